The quantitative estimate of drug-likeness (QED) is 0.490. The number of nitriles is 1. The van der Waals surface area contributed by atoms with Gasteiger partial charge in [-0.2, -0.15) is 5.26 Å². The van der Waals surface area contributed by atoms with E-state index in [2.05, 4.69) is 17.2 Å². The summed E-state index contributed by atoms with van der Waals surface area (Å²) >= 11 is 1.02. The van der Waals surface area contributed by atoms with Crippen LogP contribution in [-0.2, 0) is 20.9 Å². The maximum atomic E-state index is 12.8. The minimum Gasteiger partial charge on any atom is -0.457 e. The summed E-state index contributed by atoms with van der Waals surface area (Å²) in [6.07, 6.45) is 2.91. The molecule has 9 heteroatoms. The van der Waals surface area contributed by atoms with Gasteiger partial charge in [0.2, 0.25) is 5.91 Å². The number of rotatable bonds is 7. The van der Waals surface area contributed by atoms with Crippen LogP contribution in [0.2, 0.25) is 0 Å². The summed E-state index contributed by atoms with van der Waals surface area (Å²) in [5.74, 6) is -0.923. The second kappa shape index (κ2) is 10.6. The van der Waals surface area contributed by atoms with Gasteiger partial charge in [0.25, 0.3) is 5.56 Å². The molecule has 0 aliphatic heterocycles. The highest BCUT2D eigenvalue weighted by Gasteiger charge is 2.21. The highest BCUT2D eigenvalue weighted by Crippen LogP contribution is 2.20. The zero-order valence-corrected chi connectivity index (χ0v) is 19.3. The van der Waals surface area contributed by atoms with Gasteiger partial charge in [-0.05, 0) is 25.1 Å². The molecule has 0 saturated heterocycles. The Morgan fingerprint density at radius 1 is 1.31 bits per heavy atom. The van der Waals surface area contributed by atoms with Crippen LogP contribution in [0.25, 0.3) is 11.8 Å². The largest absolute Gasteiger partial charge is 0.457 e. The van der Waals surface area contributed by atoms with Gasteiger partial charge in [-0.15, -0.1) is 11.3 Å². The lowest BCUT2D eigenvalue weighted by Gasteiger charge is -2.18. The highest BCUT2D eigenvalue weighted by molar-refractivity contribution is 7.07. The van der Waals surface area contributed by atoms with Crippen molar-refractivity contribution in [2.45, 2.75) is 34.2 Å². The van der Waals surface area contributed by atoms with E-state index in [1.54, 1.807) is 31.2 Å². The van der Waals surface area contributed by atoms with Crippen LogP contribution in [-0.4, -0.2) is 23.1 Å². The van der Waals surface area contributed by atoms with Gasteiger partial charge < -0.3 is 15.4 Å². The summed E-state index contributed by atoms with van der Waals surface area (Å²) in [7, 11) is 0. The van der Waals surface area contributed by atoms with Crippen LogP contribution in [0.5, 0.6) is 0 Å². The molecule has 0 saturated carbocycles. The van der Waals surface area contributed by atoms with Crippen molar-refractivity contribution in [2.75, 3.05) is 17.2 Å². The monoisotopic (exact) mass is 454 g/mol. The molecular weight excluding hydrogens is 428 g/mol. The Kier molecular flexibility index (Phi) is 8.15. The Morgan fingerprint density at radius 3 is 2.59 bits per heavy atom. The number of hydrogen-bond donors (Lipinski definition) is 2. The average Bonchev–Trinajstić information content (AvgIpc) is 3.05. The third-order valence-corrected chi connectivity index (χ3v) is 5.39. The van der Waals surface area contributed by atoms with Crippen molar-refractivity contribution >= 4 is 46.4 Å². The maximum Gasteiger partial charge on any atom is 0.352 e. The first-order valence-electron chi connectivity index (χ1n) is 9.92. The van der Waals surface area contributed by atoms with Gasteiger partial charge >= 0.3 is 5.97 Å². The Bertz CT molecular complexity index is 1240. The first-order chi connectivity index (χ1) is 15.1. The molecule has 2 rings (SSSR count). The van der Waals surface area contributed by atoms with Crippen LogP contribution in [0.15, 0.2) is 41.7 Å². The second-order valence-corrected chi connectivity index (χ2v) is 8.80. The van der Waals surface area contributed by atoms with Crippen LogP contribution >= 0.6 is 11.3 Å². The topological polar surface area (TPSA) is 113 Å². The summed E-state index contributed by atoms with van der Waals surface area (Å²) in [6.45, 7) is 10.9. The number of anilines is 2. The van der Waals surface area contributed by atoms with Crippen molar-refractivity contribution in [2.24, 2.45) is 5.41 Å². The van der Waals surface area contributed by atoms with Crippen molar-refractivity contribution < 1.29 is 14.3 Å². The first kappa shape index (κ1) is 24.6. The highest BCUT2D eigenvalue weighted by atomic mass is 32.1. The molecule has 0 atom stereocenters. The summed E-state index contributed by atoms with van der Waals surface area (Å²) in [5.41, 5.74) is 0.176. The van der Waals surface area contributed by atoms with E-state index in [0.717, 1.165) is 11.3 Å². The number of benzene rings is 1. The molecule has 1 aromatic heterocycles. The van der Waals surface area contributed by atoms with Crippen molar-refractivity contribution in [1.29, 1.82) is 5.26 Å². The Labute approximate surface area is 190 Å². The van der Waals surface area contributed by atoms with Crippen LogP contribution in [0.1, 0.15) is 27.7 Å². The molecule has 0 spiro atoms. The van der Waals surface area contributed by atoms with Gasteiger partial charge in [0.05, 0.1) is 0 Å². The van der Waals surface area contributed by atoms with E-state index >= 15 is 0 Å². The third kappa shape index (κ3) is 5.95. The number of carbonyl (C=O) groups is 2. The van der Waals surface area contributed by atoms with Crippen molar-refractivity contribution in [3.63, 3.8) is 0 Å². The van der Waals surface area contributed by atoms with E-state index < -0.39 is 11.4 Å². The lowest BCUT2D eigenvalue weighted by Crippen LogP contribution is -2.32. The van der Waals surface area contributed by atoms with Crippen molar-refractivity contribution in [3.05, 3.63) is 56.5 Å². The van der Waals surface area contributed by atoms with Gasteiger partial charge in [-0.25, -0.2) is 4.79 Å². The van der Waals surface area contributed by atoms with Crippen LogP contribution in [0.3, 0.4) is 0 Å². The number of aromatic nitrogens is 1. The average molecular weight is 455 g/mol. The molecule has 0 aliphatic rings. The van der Waals surface area contributed by atoms with Crippen molar-refractivity contribution in [3.8, 4) is 6.07 Å². The minimum absolute atomic E-state index is 0.0334. The number of carbonyl (C=O) groups excluding carboxylic acids is 2. The van der Waals surface area contributed by atoms with Gasteiger partial charge in [0.1, 0.15) is 21.9 Å². The molecular formula is C23H26N4O4S. The molecule has 1 amide bonds. The van der Waals surface area contributed by atoms with Gasteiger partial charge in [0, 0.05) is 29.5 Å². The maximum absolute atomic E-state index is 12.8. The summed E-state index contributed by atoms with van der Waals surface area (Å²) in [6, 6.07) is 8.91. The number of amides is 1. The SMILES string of the molecule is C=CCOC(=O)C(C#N)=c1sc(=CNc2cccc(NC(=O)C(C)(C)C)c2)c(=O)n1CC. The number of esters is 1. The smallest absolute Gasteiger partial charge is 0.352 e. The van der Waals surface area contributed by atoms with Gasteiger partial charge in [-0.3, -0.25) is 14.2 Å². The Balaban J connectivity index is 2.42. The molecule has 0 aliphatic carbocycles. The summed E-state index contributed by atoms with van der Waals surface area (Å²) in [4.78, 5) is 37.2. The van der Waals surface area contributed by atoms with E-state index in [9.17, 15) is 19.6 Å². The van der Waals surface area contributed by atoms with E-state index in [4.69, 9.17) is 4.74 Å². The molecule has 8 nitrogen and oxygen atoms in total. The summed E-state index contributed by atoms with van der Waals surface area (Å²) < 4.78 is 6.86. The third-order valence-electron chi connectivity index (χ3n) is 4.26. The molecule has 1 aromatic carbocycles. The standard InChI is InChI=1S/C23H26N4O4S/c1-6-11-31-21(29)17(13-24)20-27(7-2)19(28)18(32-20)14-25-15-9-8-10-16(12-15)26-22(30)23(3,4)5/h6,8-10,12,14,25H,1,7,11H2,2-5H3,(H,26,30). The number of ether oxygens (including phenoxy) is 1. The molecule has 0 radical (unpaired) electrons. The first-order valence-corrected chi connectivity index (χ1v) is 10.7. The number of hydrogen-bond acceptors (Lipinski definition) is 7. The predicted molar refractivity (Wildman–Crippen MR) is 126 cm³/mol. The Hall–Kier alpha value is -3.64. The number of nitrogens with one attached hydrogen (secondary N) is 2. The normalized spacial score (nSPS) is 12.5. The zero-order valence-electron chi connectivity index (χ0n) is 18.5. The van der Waals surface area contributed by atoms with Crippen LogP contribution in [0, 0.1) is 16.7 Å². The van der Waals surface area contributed by atoms with E-state index in [1.807, 2.05) is 26.8 Å². The number of thiazole rings is 1. The lowest BCUT2D eigenvalue weighted by molar-refractivity contribution is -0.135. The fourth-order valence-corrected chi connectivity index (χ4v) is 3.61. The molecule has 0 bridgehead atoms. The van der Waals surface area contributed by atoms with E-state index in [-0.39, 0.29) is 34.9 Å². The molecule has 1 heterocycles. The fourth-order valence-electron chi connectivity index (χ4n) is 2.53. The molecule has 2 aromatic rings. The zero-order chi connectivity index (χ0) is 23.9. The predicted octanol–water partition coefficient (Wildman–Crippen LogP) is 2.17. The molecule has 0 fully saturated rings. The fraction of sp³-hybridized carbons (Fsp3) is 0.304. The van der Waals surface area contributed by atoms with Crippen LogP contribution in [0.4, 0.5) is 11.4 Å². The van der Waals surface area contributed by atoms with E-state index in [0.29, 0.717) is 15.9 Å². The molecule has 168 valence electrons. The molecule has 32 heavy (non-hydrogen) atoms. The van der Waals surface area contributed by atoms with Crippen LogP contribution < -0.4 is 25.4 Å². The Morgan fingerprint density at radius 2 is 2.00 bits per heavy atom. The molecule has 2 N–H and O–H groups in total. The summed E-state index contributed by atoms with van der Waals surface area (Å²) in [5, 5.41) is 15.3. The minimum atomic E-state index is -0.808. The lowest BCUT2D eigenvalue weighted by atomic mass is 9.95. The van der Waals surface area contributed by atoms with E-state index in [1.165, 1.54) is 16.8 Å². The molecule has 0 unspecified atom stereocenters. The van der Waals surface area contributed by atoms with Crippen molar-refractivity contribution in [1.82, 2.24) is 4.57 Å². The number of nitrogens with zero attached hydrogens (tertiary/aromatic N) is 2. The van der Waals surface area contributed by atoms with Gasteiger partial charge in [0.15, 0.2) is 5.57 Å². The van der Waals surface area contributed by atoms with Gasteiger partial charge in [-0.1, -0.05) is 39.5 Å². The second-order valence-electron chi connectivity index (χ2n) is 7.77.